The first-order chi connectivity index (χ1) is 8.25. The Balaban J connectivity index is 1.83. The van der Waals surface area contributed by atoms with Gasteiger partial charge in [-0.2, -0.15) is 0 Å². The maximum absolute atomic E-state index is 3.67. The molecule has 0 radical (unpaired) electrons. The van der Waals surface area contributed by atoms with Crippen LogP contribution in [0.5, 0.6) is 0 Å². The molecule has 0 spiro atoms. The van der Waals surface area contributed by atoms with Crippen molar-refractivity contribution < 1.29 is 0 Å². The minimum atomic E-state index is 0.687. The lowest BCUT2D eigenvalue weighted by molar-refractivity contribution is 0.158. The highest BCUT2D eigenvalue weighted by molar-refractivity contribution is 9.11. The molecular formula is C13H19BrN2S. The van der Waals surface area contributed by atoms with E-state index < -0.39 is 0 Å². The summed E-state index contributed by atoms with van der Waals surface area (Å²) in [6, 6.07) is 3.08. The van der Waals surface area contributed by atoms with Crippen molar-refractivity contribution in [2.75, 3.05) is 26.2 Å². The molecule has 0 amide bonds. The fourth-order valence-electron chi connectivity index (χ4n) is 2.71. The summed E-state index contributed by atoms with van der Waals surface area (Å²) in [4.78, 5) is 4.25. The highest BCUT2D eigenvalue weighted by atomic mass is 79.9. The maximum Gasteiger partial charge on any atom is 0.0731 e. The van der Waals surface area contributed by atoms with Crippen molar-refractivity contribution in [3.8, 4) is 0 Å². The molecule has 1 N–H and O–H groups in total. The van der Waals surface area contributed by atoms with Crippen LogP contribution < -0.4 is 5.32 Å². The van der Waals surface area contributed by atoms with E-state index in [9.17, 15) is 0 Å². The van der Waals surface area contributed by atoms with Gasteiger partial charge in [-0.1, -0.05) is 0 Å². The summed E-state index contributed by atoms with van der Waals surface area (Å²) in [5.41, 5.74) is 1.39. The molecular weight excluding hydrogens is 296 g/mol. The summed E-state index contributed by atoms with van der Waals surface area (Å²) in [5, 5.41) is 3.45. The Hall–Kier alpha value is 0.100. The number of halogens is 1. The van der Waals surface area contributed by atoms with Gasteiger partial charge in [0.05, 0.1) is 3.79 Å². The van der Waals surface area contributed by atoms with Crippen LogP contribution in [0.15, 0.2) is 9.85 Å². The van der Waals surface area contributed by atoms with Crippen molar-refractivity contribution in [1.82, 2.24) is 10.2 Å². The standard InChI is InChI=1S/C13H19BrN2S/c1-9-8-11(17-13(9)14)12(10-2-3-10)16-6-4-15-5-7-16/h8,10,12,15H,2-7H2,1H3/t12-/m1/s1. The third-order valence-corrected chi connectivity index (χ3v) is 5.99. The molecule has 2 aliphatic rings. The van der Waals surface area contributed by atoms with E-state index in [4.69, 9.17) is 0 Å². The molecule has 3 rings (SSSR count). The molecule has 0 aromatic carbocycles. The Morgan fingerprint density at radius 1 is 1.41 bits per heavy atom. The molecule has 2 fully saturated rings. The van der Waals surface area contributed by atoms with Crippen molar-refractivity contribution in [3.63, 3.8) is 0 Å². The molecule has 1 aliphatic heterocycles. The molecule has 1 aromatic rings. The van der Waals surface area contributed by atoms with Gasteiger partial charge in [-0.3, -0.25) is 4.90 Å². The monoisotopic (exact) mass is 314 g/mol. The van der Waals surface area contributed by atoms with Crippen LogP contribution in [-0.2, 0) is 0 Å². The Labute approximate surface area is 116 Å². The number of thiophene rings is 1. The zero-order valence-corrected chi connectivity index (χ0v) is 12.6. The third-order valence-electron chi connectivity index (χ3n) is 3.78. The van der Waals surface area contributed by atoms with Crippen LogP contribution >= 0.6 is 27.3 Å². The van der Waals surface area contributed by atoms with Gasteiger partial charge >= 0.3 is 0 Å². The molecule has 1 aromatic heterocycles. The summed E-state index contributed by atoms with van der Waals surface area (Å²) in [5.74, 6) is 0.915. The Morgan fingerprint density at radius 3 is 2.65 bits per heavy atom. The molecule has 1 atom stereocenters. The van der Waals surface area contributed by atoms with Gasteiger partial charge in [0, 0.05) is 37.1 Å². The predicted molar refractivity (Wildman–Crippen MR) is 76.7 cm³/mol. The van der Waals surface area contributed by atoms with Crippen LogP contribution in [0.3, 0.4) is 0 Å². The maximum atomic E-state index is 3.67. The molecule has 17 heavy (non-hydrogen) atoms. The lowest BCUT2D eigenvalue weighted by atomic mass is 10.1. The summed E-state index contributed by atoms with van der Waals surface area (Å²) >= 11 is 5.60. The molecule has 1 saturated heterocycles. The Kier molecular flexibility index (Phi) is 3.57. The molecule has 1 aliphatic carbocycles. The second-order valence-electron chi connectivity index (χ2n) is 5.17. The van der Waals surface area contributed by atoms with Crippen LogP contribution in [-0.4, -0.2) is 31.1 Å². The van der Waals surface area contributed by atoms with Crippen LogP contribution in [0.1, 0.15) is 29.3 Å². The van der Waals surface area contributed by atoms with E-state index in [1.807, 2.05) is 11.3 Å². The highest BCUT2D eigenvalue weighted by Crippen LogP contribution is 2.47. The van der Waals surface area contributed by atoms with Crippen LogP contribution in [0.4, 0.5) is 0 Å². The van der Waals surface area contributed by atoms with Gasteiger partial charge in [0.2, 0.25) is 0 Å². The van der Waals surface area contributed by atoms with E-state index >= 15 is 0 Å². The molecule has 4 heteroatoms. The number of nitrogens with zero attached hydrogens (tertiary/aromatic N) is 1. The van der Waals surface area contributed by atoms with Crippen molar-refractivity contribution in [3.05, 3.63) is 20.3 Å². The van der Waals surface area contributed by atoms with E-state index in [1.54, 1.807) is 4.88 Å². The highest BCUT2D eigenvalue weighted by Gasteiger charge is 2.37. The van der Waals surface area contributed by atoms with Gasteiger partial charge in [-0.05, 0) is 53.2 Å². The van der Waals surface area contributed by atoms with E-state index in [0.29, 0.717) is 6.04 Å². The number of aryl methyl sites for hydroxylation is 1. The largest absolute Gasteiger partial charge is 0.314 e. The lowest BCUT2D eigenvalue weighted by Gasteiger charge is -2.34. The summed E-state index contributed by atoms with van der Waals surface area (Å²) in [6.07, 6.45) is 2.84. The Bertz CT molecular complexity index is 375. The second kappa shape index (κ2) is 5.00. The summed E-state index contributed by atoms with van der Waals surface area (Å²) in [7, 11) is 0. The van der Waals surface area contributed by atoms with Crippen molar-refractivity contribution in [1.29, 1.82) is 0 Å². The minimum absolute atomic E-state index is 0.687. The minimum Gasteiger partial charge on any atom is -0.314 e. The van der Waals surface area contributed by atoms with Gasteiger partial charge in [0.1, 0.15) is 0 Å². The van der Waals surface area contributed by atoms with Crippen LogP contribution in [0.25, 0.3) is 0 Å². The zero-order valence-electron chi connectivity index (χ0n) is 10.2. The van der Waals surface area contributed by atoms with E-state index in [1.165, 1.54) is 35.3 Å². The van der Waals surface area contributed by atoms with Crippen molar-refractivity contribution >= 4 is 27.3 Å². The predicted octanol–water partition coefficient (Wildman–Crippen LogP) is 3.18. The molecule has 0 unspecified atom stereocenters. The van der Waals surface area contributed by atoms with Crippen LogP contribution in [0, 0.1) is 12.8 Å². The topological polar surface area (TPSA) is 15.3 Å². The first kappa shape index (κ1) is 12.2. The fraction of sp³-hybridized carbons (Fsp3) is 0.692. The molecule has 2 nitrogen and oxygen atoms in total. The fourth-order valence-corrected chi connectivity index (χ4v) is 4.51. The average Bonchev–Trinajstić information content (AvgIpc) is 3.09. The van der Waals surface area contributed by atoms with E-state index in [2.05, 4.69) is 39.1 Å². The Morgan fingerprint density at radius 2 is 2.12 bits per heavy atom. The quantitative estimate of drug-likeness (QED) is 0.922. The smallest absolute Gasteiger partial charge is 0.0731 e. The average molecular weight is 315 g/mol. The summed E-state index contributed by atoms with van der Waals surface area (Å²) in [6.45, 7) is 6.90. The number of nitrogens with one attached hydrogen (secondary N) is 1. The van der Waals surface area contributed by atoms with Gasteiger partial charge in [0.15, 0.2) is 0 Å². The number of piperazine rings is 1. The SMILES string of the molecule is Cc1cc([C@@H](C2CC2)N2CCNCC2)sc1Br. The molecule has 1 saturated carbocycles. The van der Waals surface area contributed by atoms with Gasteiger partial charge in [-0.15, -0.1) is 11.3 Å². The lowest BCUT2D eigenvalue weighted by Crippen LogP contribution is -2.45. The summed E-state index contributed by atoms with van der Waals surface area (Å²) < 4.78 is 1.31. The first-order valence-electron chi connectivity index (χ1n) is 6.46. The van der Waals surface area contributed by atoms with Gasteiger partial charge in [0.25, 0.3) is 0 Å². The number of hydrogen-bond donors (Lipinski definition) is 1. The molecule has 94 valence electrons. The number of rotatable bonds is 3. The third kappa shape index (κ3) is 2.60. The van der Waals surface area contributed by atoms with Gasteiger partial charge < -0.3 is 5.32 Å². The van der Waals surface area contributed by atoms with Crippen molar-refractivity contribution in [2.24, 2.45) is 5.92 Å². The van der Waals surface area contributed by atoms with Crippen LogP contribution in [0.2, 0.25) is 0 Å². The molecule has 0 bridgehead atoms. The number of hydrogen-bond acceptors (Lipinski definition) is 3. The molecule has 2 heterocycles. The van der Waals surface area contributed by atoms with E-state index in [-0.39, 0.29) is 0 Å². The van der Waals surface area contributed by atoms with Crippen molar-refractivity contribution in [2.45, 2.75) is 25.8 Å². The van der Waals surface area contributed by atoms with E-state index in [0.717, 1.165) is 19.0 Å². The van der Waals surface area contributed by atoms with Gasteiger partial charge in [-0.25, -0.2) is 0 Å². The first-order valence-corrected chi connectivity index (χ1v) is 8.07. The normalized spacial score (nSPS) is 23.9. The second-order valence-corrected chi connectivity index (χ2v) is 7.58. The zero-order chi connectivity index (χ0) is 11.8.